The molecule has 0 atom stereocenters. The number of hydrogen-bond acceptors (Lipinski definition) is 2. The first kappa shape index (κ1) is 8.81. The van der Waals surface area contributed by atoms with Crippen LogP contribution < -0.4 is 0 Å². The van der Waals surface area contributed by atoms with Crippen LogP contribution in [-0.4, -0.2) is 8.42 Å². The maximum Gasteiger partial charge on any atom is 0.172 e. The molecule has 0 heterocycles. The number of rotatable bonds is 1. The van der Waals surface area contributed by atoms with Crippen LogP contribution >= 0.6 is 0 Å². The second-order valence-electron chi connectivity index (χ2n) is 1.39. The van der Waals surface area contributed by atoms with Gasteiger partial charge in [-0.1, -0.05) is 5.73 Å². The van der Waals surface area contributed by atoms with Gasteiger partial charge in [0, 0.05) is 0 Å². The molecule has 0 N–H and O–H groups in total. The highest BCUT2D eigenvalue weighted by Crippen LogP contribution is 1.85. The van der Waals surface area contributed by atoms with Crippen LogP contribution in [0.1, 0.15) is 6.92 Å². The number of hydrogen-bond donors (Lipinski definition) is 1. The van der Waals surface area contributed by atoms with E-state index >= 15 is 0 Å². The summed E-state index contributed by atoms with van der Waals surface area (Å²) in [5, 5.41) is 0. The van der Waals surface area contributed by atoms with Gasteiger partial charge in [0.25, 0.3) is 0 Å². The molecule has 0 aliphatic carbocycles. The van der Waals surface area contributed by atoms with Crippen molar-refractivity contribution in [3.8, 4) is 0 Å². The minimum atomic E-state index is -2.52. The van der Waals surface area contributed by atoms with Gasteiger partial charge in [-0.05, 0) is 30.7 Å². The Labute approximate surface area is 61.1 Å². The Bertz CT molecular complexity index is 330. The van der Waals surface area contributed by atoms with E-state index in [2.05, 4.69) is 29.5 Å². The second-order valence-corrected chi connectivity index (χ2v) is 2.58. The van der Waals surface area contributed by atoms with E-state index in [0.717, 1.165) is 0 Å². The molecule has 0 saturated heterocycles. The van der Waals surface area contributed by atoms with Gasteiger partial charge in [-0.15, -0.1) is 0 Å². The van der Waals surface area contributed by atoms with E-state index in [4.69, 9.17) is 0 Å². The first-order chi connectivity index (χ1) is 4.68. The van der Waals surface area contributed by atoms with Gasteiger partial charge in [0.15, 0.2) is 10.7 Å². The Hall–Kier alpha value is -1.19. The molecule has 0 aromatic heterocycles. The van der Waals surface area contributed by atoms with Crippen molar-refractivity contribution in [1.29, 1.82) is 0 Å². The van der Waals surface area contributed by atoms with Crippen LogP contribution in [0.2, 0.25) is 0 Å². The zero-order valence-corrected chi connectivity index (χ0v) is 6.37. The first-order valence-corrected chi connectivity index (χ1v) is 3.62. The molecule has 0 spiro atoms. The summed E-state index contributed by atoms with van der Waals surface area (Å²) in [4.78, 5) is 0.123. The van der Waals surface area contributed by atoms with Crippen molar-refractivity contribution in [2.45, 2.75) is 6.92 Å². The predicted octanol–water partition coefficient (Wildman–Crippen LogP) is 0.752. The standard InChI is InChI=1S/C7H6O2S/c1-3-4-5-6-7(2)10(8)9/h10H,1H2,2H3. The quantitative estimate of drug-likeness (QED) is 0.446. The lowest BCUT2D eigenvalue weighted by Crippen LogP contribution is -1.71. The summed E-state index contributed by atoms with van der Waals surface area (Å²) in [6.07, 6.45) is 0. The van der Waals surface area contributed by atoms with E-state index < -0.39 is 10.7 Å². The van der Waals surface area contributed by atoms with Crippen LogP contribution in [0.25, 0.3) is 0 Å². The van der Waals surface area contributed by atoms with Gasteiger partial charge in [-0.3, -0.25) is 0 Å². The van der Waals surface area contributed by atoms with Crippen LogP contribution in [0.3, 0.4) is 0 Å². The lowest BCUT2D eigenvalue weighted by Gasteiger charge is -1.71. The van der Waals surface area contributed by atoms with Crippen molar-refractivity contribution in [3.05, 3.63) is 34.4 Å². The Morgan fingerprint density at radius 1 is 1.40 bits per heavy atom. The third-order valence-corrected chi connectivity index (χ3v) is 1.33. The fraction of sp³-hybridized carbons (Fsp3) is 0.143. The molecule has 0 aliphatic heterocycles. The molecule has 0 bridgehead atoms. The van der Waals surface area contributed by atoms with Gasteiger partial charge in [0.2, 0.25) is 0 Å². The smallest absolute Gasteiger partial charge is 0.172 e. The van der Waals surface area contributed by atoms with Gasteiger partial charge < -0.3 is 0 Å². The van der Waals surface area contributed by atoms with Crippen molar-refractivity contribution in [2.24, 2.45) is 0 Å². The molecule has 0 aliphatic rings. The summed E-state index contributed by atoms with van der Waals surface area (Å²) >= 11 is 0. The Kier molecular flexibility index (Phi) is 4.11. The molecule has 0 aromatic rings. The van der Waals surface area contributed by atoms with Crippen molar-refractivity contribution in [1.82, 2.24) is 0 Å². The zero-order valence-electron chi connectivity index (χ0n) is 5.47. The minimum Gasteiger partial charge on any atom is -0.226 e. The normalized spacial score (nSPS) is 7.00. The molecule has 0 saturated carbocycles. The summed E-state index contributed by atoms with van der Waals surface area (Å²) < 4.78 is 20.3. The molecular formula is C7H6O2S. The van der Waals surface area contributed by atoms with Gasteiger partial charge in [0.05, 0.1) is 4.91 Å². The van der Waals surface area contributed by atoms with Crippen LogP contribution in [0.5, 0.6) is 0 Å². The lowest BCUT2D eigenvalue weighted by atomic mass is 10.6. The summed E-state index contributed by atoms with van der Waals surface area (Å²) in [5.41, 5.74) is 9.26. The van der Waals surface area contributed by atoms with Crippen molar-refractivity contribution in [2.75, 3.05) is 0 Å². The van der Waals surface area contributed by atoms with Crippen molar-refractivity contribution < 1.29 is 8.42 Å². The second kappa shape index (κ2) is 4.67. The molecule has 2 nitrogen and oxygen atoms in total. The molecule has 0 amide bonds. The Morgan fingerprint density at radius 2 is 2.00 bits per heavy atom. The van der Waals surface area contributed by atoms with E-state index in [1.165, 1.54) is 6.92 Å². The van der Waals surface area contributed by atoms with Gasteiger partial charge in [-0.25, -0.2) is 8.42 Å². The lowest BCUT2D eigenvalue weighted by molar-refractivity contribution is 0.619. The highest BCUT2D eigenvalue weighted by Gasteiger charge is 1.82. The van der Waals surface area contributed by atoms with E-state index in [1.54, 1.807) is 0 Å². The van der Waals surface area contributed by atoms with Gasteiger partial charge in [0.1, 0.15) is 0 Å². The monoisotopic (exact) mass is 154 g/mol. The third-order valence-electron chi connectivity index (χ3n) is 0.668. The molecular weight excluding hydrogens is 148 g/mol. The largest absolute Gasteiger partial charge is 0.226 e. The van der Waals surface area contributed by atoms with E-state index in [9.17, 15) is 8.42 Å². The SMILES string of the molecule is C=C=C=C=C=C(C)[SH](=O)=O. The summed E-state index contributed by atoms with van der Waals surface area (Å²) in [6, 6.07) is 0. The number of allylic oxidation sites excluding steroid dienone is 1. The molecule has 0 unspecified atom stereocenters. The molecule has 52 valence electrons. The highest BCUT2D eigenvalue weighted by molar-refractivity contribution is 7.76. The third kappa shape index (κ3) is 3.77. The average molecular weight is 154 g/mol. The molecule has 0 rings (SSSR count). The zero-order chi connectivity index (χ0) is 7.98. The summed E-state index contributed by atoms with van der Waals surface area (Å²) in [6.45, 7) is 4.62. The first-order valence-electron chi connectivity index (χ1n) is 2.44. The van der Waals surface area contributed by atoms with Crippen LogP contribution in [-0.2, 0) is 10.7 Å². The van der Waals surface area contributed by atoms with E-state index in [-0.39, 0.29) is 4.91 Å². The van der Waals surface area contributed by atoms with Crippen molar-refractivity contribution in [3.63, 3.8) is 0 Å². The van der Waals surface area contributed by atoms with E-state index in [1.807, 2.05) is 0 Å². The maximum atomic E-state index is 10.1. The molecule has 0 radical (unpaired) electrons. The fourth-order valence-electron chi connectivity index (χ4n) is 0.212. The fourth-order valence-corrected chi connectivity index (χ4v) is 0.359. The average Bonchev–Trinajstić information content (AvgIpc) is 1.88. The topological polar surface area (TPSA) is 34.1 Å². The molecule has 0 aromatic carbocycles. The van der Waals surface area contributed by atoms with Gasteiger partial charge >= 0.3 is 0 Å². The van der Waals surface area contributed by atoms with Crippen LogP contribution in [0.4, 0.5) is 0 Å². The molecule has 0 fully saturated rings. The molecule has 3 heteroatoms. The predicted molar refractivity (Wildman–Crippen MR) is 39.2 cm³/mol. The Balaban J connectivity index is 5.18. The van der Waals surface area contributed by atoms with Gasteiger partial charge in [-0.2, -0.15) is 0 Å². The van der Waals surface area contributed by atoms with Crippen LogP contribution in [0, 0.1) is 0 Å². The van der Waals surface area contributed by atoms with Crippen molar-refractivity contribution >= 4 is 10.7 Å². The Morgan fingerprint density at radius 3 is 2.40 bits per heavy atom. The maximum absolute atomic E-state index is 10.1. The summed E-state index contributed by atoms with van der Waals surface area (Å²) in [7, 11) is -2.52. The highest BCUT2D eigenvalue weighted by atomic mass is 32.2. The van der Waals surface area contributed by atoms with E-state index in [0.29, 0.717) is 0 Å². The molecule has 10 heavy (non-hydrogen) atoms. The summed E-state index contributed by atoms with van der Waals surface area (Å²) in [5.74, 6) is 0. The van der Waals surface area contributed by atoms with Crippen LogP contribution in [0.15, 0.2) is 34.4 Å². The number of thiol groups is 1. The minimum absolute atomic E-state index is 0.123.